The number of benzene rings is 3. The van der Waals surface area contributed by atoms with E-state index in [1.54, 1.807) is 12.1 Å². The number of H-pyrrole nitrogens is 1. The van der Waals surface area contributed by atoms with Crippen molar-refractivity contribution in [3.8, 4) is 0 Å². The van der Waals surface area contributed by atoms with Crippen LogP contribution >= 0.6 is 0 Å². The lowest BCUT2D eigenvalue weighted by atomic mass is 10.1. The van der Waals surface area contributed by atoms with E-state index in [9.17, 15) is 9.59 Å². The molecule has 31 heavy (non-hydrogen) atoms. The Morgan fingerprint density at radius 2 is 1.55 bits per heavy atom. The standard InChI is InChI=1S/C26H25N3O2/c1-17-8-11-20(12-9-17)25(30)29-23-21-16-18(2)10-13-22(21)28-24(23)26(31)27-15-14-19-6-4-3-5-7-19/h3-13,16,28H,14-15H2,1-2H3,(H,27,31)(H,29,30). The Labute approximate surface area is 181 Å². The minimum atomic E-state index is -0.249. The van der Waals surface area contributed by atoms with Gasteiger partial charge in [0, 0.05) is 23.0 Å². The summed E-state index contributed by atoms with van der Waals surface area (Å²) in [7, 11) is 0. The summed E-state index contributed by atoms with van der Waals surface area (Å²) in [4.78, 5) is 29.0. The van der Waals surface area contributed by atoms with Gasteiger partial charge in [-0.05, 0) is 50.1 Å². The highest BCUT2D eigenvalue weighted by Gasteiger charge is 2.20. The highest BCUT2D eigenvalue weighted by molar-refractivity contribution is 6.15. The van der Waals surface area contributed by atoms with Crippen LogP contribution in [0, 0.1) is 13.8 Å². The molecule has 2 amide bonds. The summed E-state index contributed by atoms with van der Waals surface area (Å²) in [6.07, 6.45) is 0.733. The van der Waals surface area contributed by atoms with Crippen LogP contribution in [0.2, 0.25) is 0 Å². The van der Waals surface area contributed by atoms with Crippen molar-refractivity contribution in [3.63, 3.8) is 0 Å². The molecule has 0 aliphatic heterocycles. The third-order valence-electron chi connectivity index (χ3n) is 5.28. The van der Waals surface area contributed by atoms with Crippen LogP contribution in [0.25, 0.3) is 10.9 Å². The number of aryl methyl sites for hydroxylation is 2. The van der Waals surface area contributed by atoms with Gasteiger partial charge in [0.05, 0.1) is 5.69 Å². The summed E-state index contributed by atoms with van der Waals surface area (Å²) in [6, 6.07) is 23.2. The maximum absolute atomic E-state index is 13.0. The highest BCUT2D eigenvalue weighted by atomic mass is 16.2. The number of hydrogen-bond donors (Lipinski definition) is 3. The Morgan fingerprint density at radius 1 is 0.839 bits per heavy atom. The smallest absolute Gasteiger partial charge is 0.269 e. The maximum Gasteiger partial charge on any atom is 0.269 e. The van der Waals surface area contributed by atoms with Crippen LogP contribution < -0.4 is 10.6 Å². The second-order valence-electron chi connectivity index (χ2n) is 7.74. The number of amides is 2. The molecular formula is C26H25N3O2. The number of fused-ring (bicyclic) bond motifs is 1. The van der Waals surface area contributed by atoms with Crippen molar-refractivity contribution >= 4 is 28.4 Å². The number of hydrogen-bond acceptors (Lipinski definition) is 2. The molecule has 4 rings (SSSR count). The average molecular weight is 412 g/mol. The fourth-order valence-corrected chi connectivity index (χ4v) is 3.55. The first-order valence-electron chi connectivity index (χ1n) is 10.3. The van der Waals surface area contributed by atoms with Gasteiger partial charge in [-0.15, -0.1) is 0 Å². The minimum Gasteiger partial charge on any atom is -0.350 e. The van der Waals surface area contributed by atoms with E-state index in [4.69, 9.17) is 0 Å². The predicted octanol–water partition coefficient (Wildman–Crippen LogP) is 5.01. The van der Waals surface area contributed by atoms with Crippen molar-refractivity contribution < 1.29 is 9.59 Å². The first-order valence-corrected chi connectivity index (χ1v) is 10.3. The van der Waals surface area contributed by atoms with Crippen LogP contribution in [0.1, 0.15) is 37.5 Å². The van der Waals surface area contributed by atoms with Gasteiger partial charge in [0.25, 0.3) is 11.8 Å². The van der Waals surface area contributed by atoms with E-state index < -0.39 is 0 Å². The molecule has 0 saturated heterocycles. The van der Waals surface area contributed by atoms with Gasteiger partial charge in [0.2, 0.25) is 0 Å². The summed E-state index contributed by atoms with van der Waals surface area (Å²) >= 11 is 0. The summed E-state index contributed by atoms with van der Waals surface area (Å²) in [5, 5.41) is 6.73. The summed E-state index contributed by atoms with van der Waals surface area (Å²) in [6.45, 7) is 4.46. The summed E-state index contributed by atoms with van der Waals surface area (Å²) in [5.74, 6) is -0.496. The summed E-state index contributed by atoms with van der Waals surface area (Å²) < 4.78 is 0. The number of aromatic nitrogens is 1. The van der Waals surface area contributed by atoms with Crippen LogP contribution in [0.4, 0.5) is 5.69 Å². The van der Waals surface area contributed by atoms with E-state index in [-0.39, 0.29) is 11.8 Å². The van der Waals surface area contributed by atoms with Crippen molar-refractivity contribution in [1.82, 2.24) is 10.3 Å². The Kier molecular flexibility index (Phi) is 5.85. The molecule has 0 atom stereocenters. The molecule has 0 unspecified atom stereocenters. The Bertz CT molecular complexity index is 1220. The number of carbonyl (C=O) groups is 2. The SMILES string of the molecule is Cc1ccc(C(=O)Nc2c(C(=O)NCCc3ccccc3)[nH]c3ccc(C)cc23)cc1. The van der Waals surface area contributed by atoms with Gasteiger partial charge >= 0.3 is 0 Å². The third-order valence-corrected chi connectivity index (χ3v) is 5.28. The van der Waals surface area contributed by atoms with Gasteiger partial charge in [-0.1, -0.05) is 59.7 Å². The molecule has 0 bridgehead atoms. The molecule has 0 radical (unpaired) electrons. The topological polar surface area (TPSA) is 74.0 Å². The molecule has 156 valence electrons. The lowest BCUT2D eigenvalue weighted by Gasteiger charge is -2.09. The molecule has 0 aliphatic rings. The van der Waals surface area contributed by atoms with Gasteiger partial charge in [-0.25, -0.2) is 0 Å². The molecule has 4 aromatic rings. The Balaban J connectivity index is 1.59. The van der Waals surface area contributed by atoms with E-state index in [0.717, 1.165) is 34.0 Å². The van der Waals surface area contributed by atoms with Crippen molar-refractivity contribution in [3.05, 3.63) is 101 Å². The fourth-order valence-electron chi connectivity index (χ4n) is 3.55. The molecule has 3 aromatic carbocycles. The van der Waals surface area contributed by atoms with Gasteiger partial charge in [0.15, 0.2) is 0 Å². The number of rotatable bonds is 6. The molecule has 0 aliphatic carbocycles. The van der Waals surface area contributed by atoms with E-state index in [1.807, 2.05) is 74.5 Å². The molecular weight excluding hydrogens is 386 g/mol. The van der Waals surface area contributed by atoms with Crippen LogP contribution in [-0.4, -0.2) is 23.3 Å². The molecule has 1 heterocycles. The van der Waals surface area contributed by atoms with Crippen LogP contribution in [0.5, 0.6) is 0 Å². The van der Waals surface area contributed by atoms with Crippen molar-refractivity contribution in [2.24, 2.45) is 0 Å². The van der Waals surface area contributed by atoms with Gasteiger partial charge in [-0.3, -0.25) is 9.59 Å². The number of anilines is 1. The van der Waals surface area contributed by atoms with Crippen LogP contribution in [0.15, 0.2) is 72.8 Å². The zero-order valence-corrected chi connectivity index (χ0v) is 17.7. The van der Waals surface area contributed by atoms with Crippen LogP contribution in [-0.2, 0) is 6.42 Å². The van der Waals surface area contributed by atoms with E-state index in [2.05, 4.69) is 15.6 Å². The van der Waals surface area contributed by atoms with Gasteiger partial charge in [-0.2, -0.15) is 0 Å². The lowest BCUT2D eigenvalue weighted by molar-refractivity contribution is 0.0951. The van der Waals surface area contributed by atoms with Gasteiger partial charge in [0.1, 0.15) is 5.69 Å². The first-order chi connectivity index (χ1) is 15.0. The van der Waals surface area contributed by atoms with E-state index in [0.29, 0.717) is 23.5 Å². The van der Waals surface area contributed by atoms with Crippen molar-refractivity contribution in [2.75, 3.05) is 11.9 Å². The average Bonchev–Trinajstić information content (AvgIpc) is 3.12. The Morgan fingerprint density at radius 3 is 2.29 bits per heavy atom. The second-order valence-corrected chi connectivity index (χ2v) is 7.74. The third kappa shape index (κ3) is 4.67. The zero-order chi connectivity index (χ0) is 21.8. The minimum absolute atomic E-state index is 0.246. The molecule has 0 fully saturated rings. The molecule has 3 N–H and O–H groups in total. The molecule has 0 spiro atoms. The van der Waals surface area contributed by atoms with Gasteiger partial charge < -0.3 is 15.6 Å². The predicted molar refractivity (Wildman–Crippen MR) is 125 cm³/mol. The van der Waals surface area contributed by atoms with Crippen LogP contribution in [0.3, 0.4) is 0 Å². The quantitative estimate of drug-likeness (QED) is 0.417. The molecule has 0 saturated carbocycles. The van der Waals surface area contributed by atoms with E-state index >= 15 is 0 Å². The normalized spacial score (nSPS) is 10.8. The van der Waals surface area contributed by atoms with Crippen molar-refractivity contribution in [1.29, 1.82) is 0 Å². The number of aromatic amines is 1. The largest absolute Gasteiger partial charge is 0.350 e. The maximum atomic E-state index is 13.0. The van der Waals surface area contributed by atoms with Crippen molar-refractivity contribution in [2.45, 2.75) is 20.3 Å². The molecule has 5 nitrogen and oxygen atoms in total. The molecule has 5 heteroatoms. The monoisotopic (exact) mass is 411 g/mol. The molecule has 1 aromatic heterocycles. The summed E-state index contributed by atoms with van der Waals surface area (Å²) in [5.41, 5.74) is 5.49. The lowest BCUT2D eigenvalue weighted by Crippen LogP contribution is -2.27. The number of carbonyl (C=O) groups excluding carboxylic acids is 2. The zero-order valence-electron chi connectivity index (χ0n) is 17.7. The fraction of sp³-hybridized carbons (Fsp3) is 0.154. The highest BCUT2D eigenvalue weighted by Crippen LogP contribution is 2.29. The number of nitrogens with one attached hydrogen (secondary N) is 3. The Hall–Kier alpha value is -3.86. The first kappa shape index (κ1) is 20.4. The van der Waals surface area contributed by atoms with E-state index in [1.165, 1.54) is 0 Å². The second kappa shape index (κ2) is 8.88.